The largest absolute Gasteiger partial charge is 0.457 e. The fraction of sp³-hybridized carbons (Fsp3) is 0.733. The van der Waals surface area contributed by atoms with Crippen LogP contribution in [-0.4, -0.2) is 18.4 Å². The molecule has 1 unspecified atom stereocenters. The molecule has 1 aliphatic rings. The molecule has 0 amide bonds. The van der Waals surface area contributed by atoms with E-state index < -0.39 is 5.92 Å². The normalized spacial score (nSPS) is 19.0. The van der Waals surface area contributed by atoms with Crippen LogP contribution >= 0.6 is 0 Å². The van der Waals surface area contributed by atoms with Crippen molar-refractivity contribution in [3.63, 3.8) is 0 Å². The van der Waals surface area contributed by atoms with Gasteiger partial charge in [-0.2, -0.15) is 0 Å². The van der Waals surface area contributed by atoms with Crippen molar-refractivity contribution in [1.82, 2.24) is 0 Å². The van der Waals surface area contributed by atoms with E-state index in [1.54, 1.807) is 0 Å². The van der Waals surface area contributed by atoms with E-state index in [1.807, 2.05) is 6.08 Å². The van der Waals surface area contributed by atoms with Crippen LogP contribution in [0.3, 0.4) is 0 Å². The number of cyclic esters (lactones) is 1. The van der Waals surface area contributed by atoms with Crippen molar-refractivity contribution in [3.05, 3.63) is 12.7 Å². The van der Waals surface area contributed by atoms with Crippen LogP contribution in [0.2, 0.25) is 0 Å². The molecule has 0 spiro atoms. The third-order valence-corrected chi connectivity index (χ3v) is 3.43. The summed E-state index contributed by atoms with van der Waals surface area (Å²) in [5.74, 6) is -0.813. The Balaban J connectivity index is 1.91. The molecule has 1 heterocycles. The second-order valence-electron chi connectivity index (χ2n) is 4.97. The van der Waals surface area contributed by atoms with Crippen molar-refractivity contribution in [2.75, 3.05) is 6.61 Å². The molecule has 1 fully saturated rings. The van der Waals surface area contributed by atoms with E-state index in [1.165, 1.54) is 32.1 Å². The topological polar surface area (TPSA) is 43.4 Å². The lowest BCUT2D eigenvalue weighted by Gasteiger charge is -2.04. The highest BCUT2D eigenvalue weighted by atomic mass is 16.5. The molecule has 1 saturated heterocycles. The lowest BCUT2D eigenvalue weighted by Crippen LogP contribution is -2.14. The van der Waals surface area contributed by atoms with E-state index in [4.69, 9.17) is 4.74 Å². The minimum Gasteiger partial charge on any atom is -0.457 e. The van der Waals surface area contributed by atoms with Crippen LogP contribution in [0.4, 0.5) is 0 Å². The molecular weight excluding hydrogens is 228 g/mol. The summed E-state index contributed by atoms with van der Waals surface area (Å²) in [5, 5.41) is 0. The lowest BCUT2D eigenvalue weighted by atomic mass is 9.98. The van der Waals surface area contributed by atoms with Gasteiger partial charge < -0.3 is 4.74 Å². The minimum atomic E-state index is -0.461. The zero-order valence-corrected chi connectivity index (χ0v) is 11.2. The number of hydrogen-bond donors (Lipinski definition) is 0. The molecular formula is C15H24O3. The van der Waals surface area contributed by atoms with Gasteiger partial charge in [-0.15, -0.1) is 6.58 Å². The summed E-state index contributed by atoms with van der Waals surface area (Å²) in [5.41, 5.74) is 0. The van der Waals surface area contributed by atoms with Crippen molar-refractivity contribution < 1.29 is 14.3 Å². The van der Waals surface area contributed by atoms with Crippen molar-refractivity contribution in [2.24, 2.45) is 5.92 Å². The summed E-state index contributed by atoms with van der Waals surface area (Å²) in [6.45, 7) is 3.70. The Bertz CT molecular complexity index is 267. The maximum absolute atomic E-state index is 11.3. The van der Waals surface area contributed by atoms with Gasteiger partial charge in [-0.1, -0.05) is 44.6 Å². The molecule has 3 heteroatoms. The van der Waals surface area contributed by atoms with Crippen molar-refractivity contribution in [1.29, 1.82) is 0 Å². The van der Waals surface area contributed by atoms with Crippen LogP contribution < -0.4 is 0 Å². The minimum absolute atomic E-state index is 0.00714. The van der Waals surface area contributed by atoms with Gasteiger partial charge in [0, 0.05) is 0 Å². The quantitative estimate of drug-likeness (QED) is 0.259. The molecule has 0 bridgehead atoms. The predicted octanol–water partition coefficient (Wildman–Crippen LogP) is 3.43. The summed E-state index contributed by atoms with van der Waals surface area (Å²) >= 11 is 0. The molecule has 0 aromatic heterocycles. The molecule has 18 heavy (non-hydrogen) atoms. The molecule has 102 valence electrons. The van der Waals surface area contributed by atoms with Gasteiger partial charge in [0.2, 0.25) is 0 Å². The van der Waals surface area contributed by atoms with Gasteiger partial charge in [-0.3, -0.25) is 9.59 Å². The molecule has 1 rings (SSSR count). The number of hydrogen-bond acceptors (Lipinski definition) is 3. The fourth-order valence-electron chi connectivity index (χ4n) is 2.27. The van der Waals surface area contributed by atoms with Gasteiger partial charge in [0.05, 0.1) is 0 Å². The molecule has 3 nitrogen and oxygen atoms in total. The van der Waals surface area contributed by atoms with Crippen LogP contribution in [0.15, 0.2) is 12.7 Å². The average molecular weight is 252 g/mol. The first-order chi connectivity index (χ1) is 8.75. The molecule has 1 atom stereocenters. The van der Waals surface area contributed by atoms with Crippen molar-refractivity contribution >= 4 is 11.8 Å². The highest BCUT2D eigenvalue weighted by Crippen LogP contribution is 2.19. The van der Waals surface area contributed by atoms with E-state index in [2.05, 4.69) is 6.58 Å². The number of Topliss-reactive ketones (excluding diaryl/α,β-unsaturated/α-hetero) is 1. The highest BCUT2D eigenvalue weighted by molar-refractivity contribution is 6.04. The van der Waals surface area contributed by atoms with Gasteiger partial charge in [-0.05, 0) is 19.3 Å². The summed E-state index contributed by atoms with van der Waals surface area (Å²) in [7, 11) is 0. The van der Waals surface area contributed by atoms with E-state index in [0.29, 0.717) is 6.42 Å². The molecule has 0 N–H and O–H groups in total. The van der Waals surface area contributed by atoms with Crippen LogP contribution in [0.25, 0.3) is 0 Å². The Kier molecular flexibility index (Phi) is 7.38. The number of ketones is 1. The highest BCUT2D eigenvalue weighted by Gasteiger charge is 2.34. The number of unbranched alkanes of at least 4 members (excludes halogenated alkanes) is 7. The first-order valence-electron chi connectivity index (χ1n) is 7.06. The zero-order chi connectivity index (χ0) is 13.2. The molecule has 1 aliphatic heterocycles. The SMILES string of the molecule is C=CCCCCCCCCCC1C(=O)COC1=O. The van der Waals surface area contributed by atoms with E-state index in [-0.39, 0.29) is 18.4 Å². The Morgan fingerprint density at radius 1 is 1.06 bits per heavy atom. The third-order valence-electron chi connectivity index (χ3n) is 3.43. The Labute approximate surface area is 110 Å². The van der Waals surface area contributed by atoms with Crippen LogP contribution in [-0.2, 0) is 14.3 Å². The number of esters is 1. The van der Waals surface area contributed by atoms with Gasteiger partial charge in [0.1, 0.15) is 5.92 Å². The van der Waals surface area contributed by atoms with E-state index in [9.17, 15) is 9.59 Å². The second-order valence-corrected chi connectivity index (χ2v) is 4.97. The first-order valence-corrected chi connectivity index (χ1v) is 7.06. The monoisotopic (exact) mass is 252 g/mol. The van der Waals surface area contributed by atoms with Gasteiger partial charge in [0.25, 0.3) is 0 Å². The fourth-order valence-corrected chi connectivity index (χ4v) is 2.27. The van der Waals surface area contributed by atoms with Crippen LogP contribution in [0, 0.1) is 5.92 Å². The zero-order valence-electron chi connectivity index (χ0n) is 11.2. The summed E-state index contributed by atoms with van der Waals surface area (Å²) in [6, 6.07) is 0. The van der Waals surface area contributed by atoms with Gasteiger partial charge in [-0.25, -0.2) is 0 Å². The smallest absolute Gasteiger partial charge is 0.317 e. The lowest BCUT2D eigenvalue weighted by molar-refractivity contribution is -0.141. The molecule has 0 radical (unpaired) electrons. The Morgan fingerprint density at radius 3 is 2.22 bits per heavy atom. The van der Waals surface area contributed by atoms with E-state index in [0.717, 1.165) is 19.3 Å². The Morgan fingerprint density at radius 2 is 1.67 bits per heavy atom. The number of carbonyl (C=O) groups is 2. The maximum Gasteiger partial charge on any atom is 0.317 e. The number of ether oxygens (including phenoxy) is 1. The van der Waals surface area contributed by atoms with Crippen LogP contribution in [0.1, 0.15) is 57.8 Å². The maximum atomic E-state index is 11.3. The first kappa shape index (κ1) is 14.9. The van der Waals surface area contributed by atoms with Crippen molar-refractivity contribution in [3.8, 4) is 0 Å². The molecule has 0 aromatic rings. The third kappa shape index (κ3) is 5.48. The molecule has 0 aliphatic carbocycles. The number of allylic oxidation sites excluding steroid dienone is 1. The van der Waals surface area contributed by atoms with Crippen LogP contribution in [0.5, 0.6) is 0 Å². The van der Waals surface area contributed by atoms with Gasteiger partial charge in [0.15, 0.2) is 12.4 Å². The molecule has 0 aromatic carbocycles. The van der Waals surface area contributed by atoms with Crippen molar-refractivity contribution in [2.45, 2.75) is 57.8 Å². The number of rotatable bonds is 10. The standard InChI is InChI=1S/C15H24O3/c1-2-3-4-5-6-7-8-9-10-11-13-14(16)12-18-15(13)17/h2,13H,1,3-12H2. The summed E-state index contributed by atoms with van der Waals surface area (Å²) in [4.78, 5) is 22.5. The average Bonchev–Trinajstić information content (AvgIpc) is 2.68. The Hall–Kier alpha value is -1.12. The number of carbonyl (C=O) groups excluding carboxylic acids is 2. The van der Waals surface area contributed by atoms with Gasteiger partial charge >= 0.3 is 5.97 Å². The van der Waals surface area contributed by atoms with E-state index >= 15 is 0 Å². The summed E-state index contributed by atoms with van der Waals surface area (Å²) < 4.78 is 4.71. The second kappa shape index (κ2) is 8.90. The summed E-state index contributed by atoms with van der Waals surface area (Å²) in [6.07, 6.45) is 12.1. The molecule has 0 saturated carbocycles. The predicted molar refractivity (Wildman–Crippen MR) is 71.2 cm³/mol.